The fourth-order valence-electron chi connectivity index (χ4n) is 6.33. The number of hydrogen-bond acceptors (Lipinski definition) is 6. The summed E-state index contributed by atoms with van der Waals surface area (Å²) in [4.78, 5) is 11.9. The monoisotopic (exact) mass is 404 g/mol. The molecule has 1 spiro atoms. The Bertz CT molecular complexity index is 784. The van der Waals surface area contributed by atoms with E-state index in [-0.39, 0.29) is 12.3 Å². The van der Waals surface area contributed by atoms with E-state index in [0.29, 0.717) is 12.8 Å². The van der Waals surface area contributed by atoms with Crippen LogP contribution in [0.25, 0.3) is 0 Å². The van der Waals surface area contributed by atoms with Crippen LogP contribution < -0.4 is 0 Å². The molecule has 3 fully saturated rings. The first-order valence-corrected chi connectivity index (χ1v) is 10.5. The highest BCUT2D eigenvalue weighted by Gasteiger charge is 2.94. The lowest BCUT2D eigenvalue weighted by Crippen LogP contribution is -2.59. The molecule has 160 valence electrons. The lowest BCUT2D eigenvalue weighted by atomic mass is 9.54. The van der Waals surface area contributed by atoms with E-state index in [2.05, 4.69) is 27.0 Å². The zero-order valence-corrected chi connectivity index (χ0v) is 17.6. The highest BCUT2D eigenvalue weighted by atomic mass is 16.8. The normalized spacial score (nSPS) is 47.7. The molecule has 6 atom stereocenters. The van der Waals surface area contributed by atoms with Crippen molar-refractivity contribution in [2.24, 2.45) is 11.3 Å². The molecule has 0 aromatic heterocycles. The minimum absolute atomic E-state index is 0.163. The van der Waals surface area contributed by atoms with Gasteiger partial charge in [0.05, 0.1) is 6.10 Å². The van der Waals surface area contributed by atoms with Gasteiger partial charge in [-0.05, 0) is 44.9 Å². The highest BCUT2D eigenvalue weighted by molar-refractivity contribution is 5.81. The first-order valence-electron chi connectivity index (χ1n) is 10.5. The standard InChI is InChI=1S/C23H32O6/c1-6-18(25)27-19-21-10-9-16-8-7-14(2)11-17(24)12-15(3)13-22(26,28-19)23(21,29-21)20(16,4)5/h6,12,16-17,19,24,26H,1-2,7-11,13H2,3-5H3/b15-12+/t16-,17+,19+,21-,22-,23-/m1/s1. The third kappa shape index (κ3) is 2.73. The molecule has 4 rings (SSSR count). The largest absolute Gasteiger partial charge is 0.429 e. The zero-order valence-electron chi connectivity index (χ0n) is 17.6. The van der Waals surface area contributed by atoms with E-state index in [9.17, 15) is 15.0 Å². The van der Waals surface area contributed by atoms with Gasteiger partial charge in [0.2, 0.25) is 12.1 Å². The van der Waals surface area contributed by atoms with Gasteiger partial charge >= 0.3 is 5.97 Å². The number of aliphatic hydroxyl groups excluding tert-OH is 1. The van der Waals surface area contributed by atoms with Crippen LogP contribution in [-0.2, 0) is 19.0 Å². The number of esters is 1. The van der Waals surface area contributed by atoms with E-state index >= 15 is 0 Å². The number of carbonyl (C=O) groups is 1. The van der Waals surface area contributed by atoms with E-state index < -0.39 is 40.8 Å². The second-order valence-corrected chi connectivity index (χ2v) is 9.76. The van der Waals surface area contributed by atoms with Crippen molar-refractivity contribution in [3.05, 3.63) is 36.5 Å². The fraction of sp³-hybridized carbons (Fsp3) is 0.696. The molecule has 29 heavy (non-hydrogen) atoms. The van der Waals surface area contributed by atoms with Gasteiger partial charge in [0, 0.05) is 17.9 Å². The Kier molecular flexibility index (Phi) is 4.67. The van der Waals surface area contributed by atoms with Crippen molar-refractivity contribution in [2.45, 2.75) is 88.7 Å². The summed E-state index contributed by atoms with van der Waals surface area (Å²) in [6.45, 7) is 13.7. The average molecular weight is 405 g/mol. The van der Waals surface area contributed by atoms with Crippen LogP contribution in [0.4, 0.5) is 0 Å². The van der Waals surface area contributed by atoms with Gasteiger partial charge in [-0.25, -0.2) is 4.79 Å². The topological polar surface area (TPSA) is 88.5 Å². The predicted molar refractivity (Wildman–Crippen MR) is 107 cm³/mol. The van der Waals surface area contributed by atoms with E-state index in [4.69, 9.17) is 14.2 Å². The Hall–Kier alpha value is -1.47. The molecule has 0 aromatic carbocycles. The zero-order chi connectivity index (χ0) is 21.2. The Balaban J connectivity index is 1.79. The SMILES string of the molecule is C=CC(=O)O[C@H]1O[C@]2(O)C/C(C)=C/[C@@H](O)CC(=C)CC[C@@H]3CC[C@@]14O[C@@]24C3(C)C. The molecule has 0 radical (unpaired) electrons. The number of epoxide rings is 1. The van der Waals surface area contributed by atoms with Crippen LogP contribution in [0.2, 0.25) is 0 Å². The minimum Gasteiger partial charge on any atom is -0.429 e. The molecule has 6 heteroatoms. The highest BCUT2D eigenvalue weighted by Crippen LogP contribution is 2.77. The molecule has 4 aliphatic rings. The number of aliphatic hydroxyl groups is 2. The Labute approximate surface area is 172 Å². The molecular formula is C23H32O6. The fourth-order valence-corrected chi connectivity index (χ4v) is 6.33. The summed E-state index contributed by atoms with van der Waals surface area (Å²) < 4.78 is 18.0. The molecule has 0 amide bonds. The molecule has 0 aromatic rings. The smallest absolute Gasteiger partial charge is 0.332 e. The summed E-state index contributed by atoms with van der Waals surface area (Å²) in [5.74, 6) is -1.98. The van der Waals surface area contributed by atoms with Crippen molar-refractivity contribution in [3.8, 4) is 0 Å². The molecule has 0 unspecified atom stereocenters. The lowest BCUT2D eigenvalue weighted by Gasteiger charge is -2.47. The summed E-state index contributed by atoms with van der Waals surface area (Å²) in [5.41, 5.74) is -0.433. The minimum atomic E-state index is -1.65. The second-order valence-electron chi connectivity index (χ2n) is 9.76. The summed E-state index contributed by atoms with van der Waals surface area (Å²) in [6, 6.07) is 0. The van der Waals surface area contributed by atoms with Crippen LogP contribution in [-0.4, -0.2) is 45.6 Å². The second kappa shape index (κ2) is 6.51. The van der Waals surface area contributed by atoms with Crippen molar-refractivity contribution in [2.75, 3.05) is 0 Å². The molecule has 1 saturated carbocycles. The van der Waals surface area contributed by atoms with E-state index in [1.54, 1.807) is 6.08 Å². The lowest BCUT2D eigenvalue weighted by molar-refractivity contribution is -0.309. The molecular weight excluding hydrogens is 372 g/mol. The van der Waals surface area contributed by atoms with Gasteiger partial charge in [-0.1, -0.05) is 44.2 Å². The molecule has 2 saturated heterocycles. The van der Waals surface area contributed by atoms with Crippen molar-refractivity contribution in [3.63, 3.8) is 0 Å². The van der Waals surface area contributed by atoms with Crippen LogP contribution in [0, 0.1) is 11.3 Å². The number of carbonyl (C=O) groups excluding carboxylic acids is 1. The van der Waals surface area contributed by atoms with Gasteiger partial charge in [-0.15, -0.1) is 0 Å². The maximum absolute atomic E-state index is 11.9. The summed E-state index contributed by atoms with van der Waals surface area (Å²) in [5, 5.41) is 22.2. The van der Waals surface area contributed by atoms with Crippen LogP contribution in [0.3, 0.4) is 0 Å². The average Bonchev–Trinajstić information content (AvgIpc) is 3.28. The molecule has 2 aliphatic carbocycles. The predicted octanol–water partition coefficient (Wildman–Crippen LogP) is 3.14. The maximum Gasteiger partial charge on any atom is 0.332 e. The Morgan fingerprint density at radius 3 is 2.79 bits per heavy atom. The molecule has 6 nitrogen and oxygen atoms in total. The molecule has 2 heterocycles. The third-order valence-electron chi connectivity index (χ3n) is 7.64. The Morgan fingerprint density at radius 1 is 1.38 bits per heavy atom. The van der Waals surface area contributed by atoms with Gasteiger partial charge in [-0.3, -0.25) is 0 Å². The Morgan fingerprint density at radius 2 is 2.10 bits per heavy atom. The van der Waals surface area contributed by atoms with Crippen LogP contribution in [0.15, 0.2) is 36.5 Å². The number of hydrogen-bond donors (Lipinski definition) is 2. The summed E-state index contributed by atoms with van der Waals surface area (Å²) in [7, 11) is 0. The quantitative estimate of drug-likeness (QED) is 0.318. The van der Waals surface area contributed by atoms with Crippen LogP contribution >= 0.6 is 0 Å². The van der Waals surface area contributed by atoms with Crippen molar-refractivity contribution < 1.29 is 29.2 Å². The van der Waals surface area contributed by atoms with Gasteiger partial charge in [0.25, 0.3) is 0 Å². The number of rotatable bonds is 2. The van der Waals surface area contributed by atoms with Crippen molar-refractivity contribution in [1.82, 2.24) is 0 Å². The molecule has 2 N–H and O–H groups in total. The van der Waals surface area contributed by atoms with Crippen molar-refractivity contribution in [1.29, 1.82) is 0 Å². The van der Waals surface area contributed by atoms with Crippen LogP contribution in [0.5, 0.6) is 0 Å². The summed E-state index contributed by atoms with van der Waals surface area (Å²) in [6.07, 6.45) is 5.10. The van der Waals surface area contributed by atoms with E-state index in [1.807, 2.05) is 6.92 Å². The number of ether oxygens (including phenoxy) is 3. The summed E-state index contributed by atoms with van der Waals surface area (Å²) >= 11 is 0. The van der Waals surface area contributed by atoms with Gasteiger partial charge in [0.1, 0.15) is 0 Å². The van der Waals surface area contributed by atoms with Crippen LogP contribution in [0.1, 0.15) is 59.3 Å². The first kappa shape index (κ1) is 20.8. The number of fused-ring (bicyclic) bond motifs is 1. The van der Waals surface area contributed by atoms with Gasteiger partial charge in [-0.2, -0.15) is 0 Å². The van der Waals surface area contributed by atoms with Gasteiger partial charge < -0.3 is 24.4 Å². The van der Waals surface area contributed by atoms with Crippen molar-refractivity contribution >= 4 is 5.97 Å². The van der Waals surface area contributed by atoms with E-state index in [1.165, 1.54) is 0 Å². The maximum atomic E-state index is 11.9. The van der Waals surface area contributed by atoms with E-state index in [0.717, 1.165) is 36.5 Å². The van der Waals surface area contributed by atoms with Gasteiger partial charge in [0.15, 0.2) is 11.2 Å². The molecule has 2 bridgehead atoms. The third-order valence-corrected chi connectivity index (χ3v) is 7.64. The molecule has 2 aliphatic heterocycles. The first-order chi connectivity index (χ1) is 13.5.